The van der Waals surface area contributed by atoms with Crippen molar-refractivity contribution < 1.29 is 9.47 Å². The van der Waals surface area contributed by atoms with Crippen molar-refractivity contribution in [3.63, 3.8) is 0 Å². The standard InChI is InChI=1S/C25H29N3O3.ClH/c1-7-27-23(26-24-16(3)10-15(2)11-17(24)4)14-20-19-13-22(31-6)21(30-5)12-18(19)8-9-28(20)25(27)29;/h10-14H,7-9H2,1-6H3;1H/b26-23-;. The van der Waals surface area contributed by atoms with Crippen LogP contribution in [0.15, 0.2) is 40.1 Å². The van der Waals surface area contributed by atoms with Crippen LogP contribution in [0.1, 0.15) is 29.2 Å². The zero-order valence-corrected chi connectivity index (χ0v) is 20.3. The monoisotopic (exact) mass is 455 g/mol. The molecule has 1 aliphatic heterocycles. The van der Waals surface area contributed by atoms with Crippen molar-refractivity contribution in [3.05, 3.63) is 68.6 Å². The Morgan fingerprint density at radius 1 is 0.969 bits per heavy atom. The summed E-state index contributed by atoms with van der Waals surface area (Å²) in [5, 5.41) is 0. The highest BCUT2D eigenvalue weighted by atomic mass is 35.5. The highest BCUT2D eigenvalue weighted by Crippen LogP contribution is 2.37. The third-order valence-corrected chi connectivity index (χ3v) is 5.96. The van der Waals surface area contributed by atoms with Crippen LogP contribution in [0.25, 0.3) is 11.3 Å². The summed E-state index contributed by atoms with van der Waals surface area (Å²) in [6.45, 7) is 9.37. The van der Waals surface area contributed by atoms with E-state index in [0.717, 1.165) is 40.1 Å². The van der Waals surface area contributed by atoms with Crippen LogP contribution in [-0.2, 0) is 19.5 Å². The molecule has 0 saturated heterocycles. The fourth-order valence-corrected chi connectivity index (χ4v) is 4.52. The van der Waals surface area contributed by atoms with Crippen LogP contribution in [0.5, 0.6) is 11.5 Å². The van der Waals surface area contributed by atoms with Crippen molar-refractivity contribution in [2.45, 2.75) is 47.2 Å². The first-order valence-electron chi connectivity index (χ1n) is 10.6. The summed E-state index contributed by atoms with van der Waals surface area (Å²) in [7, 11) is 3.26. The first-order chi connectivity index (χ1) is 14.9. The fraction of sp³-hybridized carbons (Fsp3) is 0.360. The van der Waals surface area contributed by atoms with Crippen LogP contribution in [0.2, 0.25) is 0 Å². The second-order valence-corrected chi connectivity index (χ2v) is 8.04. The number of nitrogens with zero attached hydrogens (tertiary/aromatic N) is 3. The average molecular weight is 456 g/mol. The van der Waals surface area contributed by atoms with E-state index in [-0.39, 0.29) is 18.1 Å². The molecule has 0 atom stereocenters. The van der Waals surface area contributed by atoms with Crippen LogP contribution in [-0.4, -0.2) is 23.4 Å². The van der Waals surface area contributed by atoms with Gasteiger partial charge in [-0.25, -0.2) is 9.79 Å². The SMILES string of the molecule is CCn1c(=O)n2c(c/c1=N/c1c(C)cc(C)cc1C)-c1cc(OC)c(OC)cc1CC2.Cl. The smallest absolute Gasteiger partial charge is 0.330 e. The summed E-state index contributed by atoms with van der Waals surface area (Å²) in [6.07, 6.45) is 0.763. The third kappa shape index (κ3) is 3.95. The minimum absolute atomic E-state index is 0. The number of aromatic nitrogens is 2. The van der Waals surface area contributed by atoms with Gasteiger partial charge in [0.2, 0.25) is 0 Å². The van der Waals surface area contributed by atoms with Gasteiger partial charge in [0.1, 0.15) is 5.49 Å². The number of fused-ring (bicyclic) bond motifs is 3. The molecule has 170 valence electrons. The Balaban J connectivity index is 0.00000289. The maximum absolute atomic E-state index is 13.4. The minimum Gasteiger partial charge on any atom is -0.493 e. The predicted octanol–water partition coefficient (Wildman–Crippen LogP) is 4.49. The van der Waals surface area contributed by atoms with Crippen molar-refractivity contribution in [2.75, 3.05) is 14.2 Å². The van der Waals surface area contributed by atoms with Crippen molar-refractivity contribution in [1.82, 2.24) is 9.13 Å². The number of hydrogen-bond acceptors (Lipinski definition) is 4. The van der Waals surface area contributed by atoms with Gasteiger partial charge in [0.25, 0.3) is 0 Å². The maximum Gasteiger partial charge on any atom is 0.330 e. The summed E-state index contributed by atoms with van der Waals surface area (Å²) in [4.78, 5) is 18.3. The maximum atomic E-state index is 13.4. The van der Waals surface area contributed by atoms with Crippen molar-refractivity contribution in [1.29, 1.82) is 0 Å². The molecule has 6 nitrogen and oxygen atoms in total. The highest BCUT2D eigenvalue weighted by molar-refractivity contribution is 5.85. The van der Waals surface area contributed by atoms with Gasteiger partial charge in [-0.3, -0.25) is 9.13 Å². The summed E-state index contributed by atoms with van der Waals surface area (Å²) in [5.41, 5.74) is 7.93. The van der Waals surface area contributed by atoms with E-state index in [9.17, 15) is 4.79 Å². The van der Waals surface area contributed by atoms with Crippen molar-refractivity contribution in [3.8, 4) is 22.8 Å². The quantitative estimate of drug-likeness (QED) is 0.582. The molecule has 1 aromatic heterocycles. The van der Waals surface area contributed by atoms with Gasteiger partial charge < -0.3 is 9.47 Å². The molecule has 4 rings (SSSR count). The minimum atomic E-state index is -0.0402. The molecule has 0 saturated carbocycles. The Bertz CT molecular complexity index is 1280. The number of methoxy groups -OCH3 is 2. The molecular weight excluding hydrogens is 426 g/mol. The lowest BCUT2D eigenvalue weighted by Crippen LogP contribution is -2.41. The van der Waals surface area contributed by atoms with Crippen LogP contribution in [0.3, 0.4) is 0 Å². The summed E-state index contributed by atoms with van der Waals surface area (Å²) in [5.74, 6) is 1.35. The van der Waals surface area contributed by atoms with Crippen LogP contribution in [0.4, 0.5) is 5.69 Å². The lowest BCUT2D eigenvalue weighted by Gasteiger charge is -2.24. The van der Waals surface area contributed by atoms with E-state index in [2.05, 4.69) is 32.9 Å². The van der Waals surface area contributed by atoms with Gasteiger partial charge in [-0.2, -0.15) is 0 Å². The highest BCUT2D eigenvalue weighted by Gasteiger charge is 2.22. The molecule has 2 aromatic carbocycles. The van der Waals surface area contributed by atoms with E-state index in [0.29, 0.717) is 30.1 Å². The molecule has 3 aromatic rings. The second kappa shape index (κ2) is 9.25. The molecule has 0 spiro atoms. The number of hydrogen-bond donors (Lipinski definition) is 0. The van der Waals surface area contributed by atoms with Gasteiger partial charge in [-0.1, -0.05) is 17.7 Å². The largest absolute Gasteiger partial charge is 0.493 e. The molecule has 0 fully saturated rings. The summed E-state index contributed by atoms with van der Waals surface area (Å²) < 4.78 is 14.6. The van der Waals surface area contributed by atoms with E-state index in [1.807, 2.05) is 29.7 Å². The van der Waals surface area contributed by atoms with E-state index in [1.54, 1.807) is 18.8 Å². The number of benzene rings is 2. The number of rotatable bonds is 4. The van der Waals surface area contributed by atoms with Gasteiger partial charge >= 0.3 is 5.69 Å². The molecule has 0 N–H and O–H groups in total. The Hall–Kier alpha value is -2.99. The first kappa shape index (κ1) is 23.7. The number of aryl methyl sites for hydroxylation is 4. The molecule has 0 aliphatic carbocycles. The third-order valence-electron chi connectivity index (χ3n) is 5.96. The molecule has 7 heteroatoms. The average Bonchev–Trinajstić information content (AvgIpc) is 2.75. The lowest BCUT2D eigenvalue weighted by molar-refractivity contribution is 0.354. The Kier molecular flexibility index (Phi) is 6.84. The van der Waals surface area contributed by atoms with E-state index < -0.39 is 0 Å². The normalized spacial score (nSPS) is 12.6. The molecule has 0 amide bonds. The second-order valence-electron chi connectivity index (χ2n) is 8.04. The van der Waals surface area contributed by atoms with Gasteiger partial charge in [-0.15, -0.1) is 12.4 Å². The zero-order chi connectivity index (χ0) is 22.3. The van der Waals surface area contributed by atoms with E-state index >= 15 is 0 Å². The van der Waals surface area contributed by atoms with Gasteiger partial charge in [0.15, 0.2) is 11.5 Å². The molecule has 2 heterocycles. The number of halogens is 1. The van der Waals surface area contributed by atoms with Gasteiger partial charge in [-0.05, 0) is 62.9 Å². The van der Waals surface area contributed by atoms with Gasteiger partial charge in [0.05, 0.1) is 25.6 Å². The zero-order valence-electron chi connectivity index (χ0n) is 19.5. The summed E-state index contributed by atoms with van der Waals surface area (Å²) in [6, 6.07) is 10.2. The Morgan fingerprint density at radius 2 is 1.59 bits per heavy atom. The van der Waals surface area contributed by atoms with Crippen LogP contribution < -0.4 is 20.7 Å². The summed E-state index contributed by atoms with van der Waals surface area (Å²) >= 11 is 0. The molecule has 0 unspecified atom stereocenters. The van der Waals surface area contributed by atoms with Crippen LogP contribution >= 0.6 is 12.4 Å². The van der Waals surface area contributed by atoms with Crippen LogP contribution in [0, 0.1) is 20.8 Å². The first-order valence-corrected chi connectivity index (χ1v) is 10.6. The van der Waals surface area contributed by atoms with E-state index in [1.165, 1.54) is 5.56 Å². The molecule has 0 bridgehead atoms. The van der Waals surface area contributed by atoms with Crippen molar-refractivity contribution in [2.24, 2.45) is 4.99 Å². The van der Waals surface area contributed by atoms with Gasteiger partial charge in [0, 0.05) is 24.7 Å². The van der Waals surface area contributed by atoms with E-state index in [4.69, 9.17) is 14.5 Å². The predicted molar refractivity (Wildman–Crippen MR) is 130 cm³/mol. The molecule has 0 radical (unpaired) electrons. The van der Waals surface area contributed by atoms with Crippen molar-refractivity contribution >= 4 is 18.1 Å². The molecular formula is C25H30ClN3O3. The Labute approximate surface area is 194 Å². The fourth-order valence-electron chi connectivity index (χ4n) is 4.52. The Morgan fingerprint density at radius 3 is 2.19 bits per heavy atom. The molecule has 32 heavy (non-hydrogen) atoms. The molecule has 1 aliphatic rings. The number of ether oxygens (including phenoxy) is 2. The topological polar surface area (TPSA) is 57.8 Å². The lowest BCUT2D eigenvalue weighted by atomic mass is 9.97.